The molecule has 0 saturated heterocycles. The second-order valence-electron chi connectivity index (χ2n) is 10.6. The molecule has 0 aromatic carbocycles. The maximum Gasteiger partial charge on any atom is 0.378 e. The molecule has 4 aliphatic carbocycles. The van der Waals surface area contributed by atoms with Crippen LogP contribution in [0.4, 0.5) is 0 Å². The highest BCUT2D eigenvalue weighted by Gasteiger charge is 2.59. The lowest BCUT2D eigenvalue weighted by molar-refractivity contribution is -0.106. The van der Waals surface area contributed by atoms with Crippen LogP contribution in [0.2, 0.25) is 0 Å². The summed E-state index contributed by atoms with van der Waals surface area (Å²) in [7, 11) is 0. The van der Waals surface area contributed by atoms with E-state index in [1.165, 1.54) is 57.8 Å². The summed E-state index contributed by atoms with van der Waals surface area (Å²) >= 11 is 0. The van der Waals surface area contributed by atoms with Crippen molar-refractivity contribution >= 4 is 0 Å². The van der Waals surface area contributed by atoms with E-state index in [0.717, 1.165) is 35.7 Å². The van der Waals surface area contributed by atoms with Gasteiger partial charge in [0, 0.05) is 0 Å². The smallest absolute Gasteiger partial charge is 0.378 e. The molecule has 5 rings (SSSR count). The number of fused-ring (bicyclic) bond motifs is 5. The Morgan fingerprint density at radius 1 is 0.963 bits per heavy atom. The molecule has 3 heteroatoms. The van der Waals surface area contributed by atoms with Crippen molar-refractivity contribution in [3.63, 3.8) is 0 Å². The van der Waals surface area contributed by atoms with E-state index in [4.69, 9.17) is 4.42 Å². The monoisotopic (exact) mass is 370 g/mol. The average molecular weight is 371 g/mol. The number of hydrogen-bond acceptors (Lipinski definition) is 3. The van der Waals surface area contributed by atoms with Crippen molar-refractivity contribution in [2.24, 2.45) is 34.5 Å². The van der Waals surface area contributed by atoms with Crippen molar-refractivity contribution < 1.29 is 9.52 Å². The summed E-state index contributed by atoms with van der Waals surface area (Å²) in [5.74, 6) is 3.72. The highest BCUT2D eigenvalue weighted by molar-refractivity contribution is 5.28. The molecule has 0 aliphatic heterocycles. The maximum atomic E-state index is 11.5. The van der Waals surface area contributed by atoms with Crippen molar-refractivity contribution in [3.8, 4) is 5.75 Å². The average Bonchev–Trinajstić information content (AvgIpc) is 3.01. The van der Waals surface area contributed by atoms with Gasteiger partial charge in [0.1, 0.15) is 0 Å². The van der Waals surface area contributed by atoms with Gasteiger partial charge >= 0.3 is 5.63 Å². The first kappa shape index (κ1) is 17.8. The van der Waals surface area contributed by atoms with E-state index in [9.17, 15) is 9.90 Å². The normalized spacial score (nSPS) is 46.4. The summed E-state index contributed by atoms with van der Waals surface area (Å²) in [5.41, 5.74) is 1.28. The molecule has 1 N–H and O–H groups in total. The van der Waals surface area contributed by atoms with Crippen molar-refractivity contribution in [3.05, 3.63) is 28.3 Å². The van der Waals surface area contributed by atoms with Crippen LogP contribution in [0.15, 0.2) is 21.5 Å². The lowest BCUT2D eigenvalue weighted by atomic mass is 9.45. The quantitative estimate of drug-likeness (QED) is 0.673. The van der Waals surface area contributed by atoms with Crippen LogP contribution in [-0.2, 0) is 0 Å². The van der Waals surface area contributed by atoms with Gasteiger partial charge in [-0.3, -0.25) is 0 Å². The van der Waals surface area contributed by atoms with E-state index >= 15 is 0 Å². The summed E-state index contributed by atoms with van der Waals surface area (Å²) in [5, 5.41) is 9.88. The summed E-state index contributed by atoms with van der Waals surface area (Å²) in [6.45, 7) is 5.12. The Hall–Kier alpha value is -1.25. The van der Waals surface area contributed by atoms with Gasteiger partial charge in [0.05, 0.1) is 6.26 Å². The van der Waals surface area contributed by atoms with E-state index in [1.54, 1.807) is 12.3 Å². The molecule has 1 aromatic heterocycles. The molecular weight excluding hydrogens is 336 g/mol. The van der Waals surface area contributed by atoms with Gasteiger partial charge in [0.25, 0.3) is 0 Å². The van der Waals surface area contributed by atoms with Gasteiger partial charge in [-0.25, -0.2) is 4.79 Å². The molecule has 0 bridgehead atoms. The van der Waals surface area contributed by atoms with Gasteiger partial charge in [0.2, 0.25) is 5.75 Å². The molecule has 3 nitrogen and oxygen atoms in total. The molecule has 0 amide bonds. The molecule has 7 atom stereocenters. The topological polar surface area (TPSA) is 50.4 Å². The van der Waals surface area contributed by atoms with E-state index in [2.05, 4.69) is 13.8 Å². The Morgan fingerprint density at radius 3 is 2.59 bits per heavy atom. The second kappa shape index (κ2) is 6.12. The molecule has 0 radical (unpaired) electrons. The van der Waals surface area contributed by atoms with Gasteiger partial charge in [-0.15, -0.1) is 0 Å². The molecule has 4 aliphatic rings. The van der Waals surface area contributed by atoms with Crippen molar-refractivity contribution in [1.29, 1.82) is 0 Å². The first-order chi connectivity index (χ1) is 12.9. The summed E-state index contributed by atoms with van der Waals surface area (Å²) < 4.78 is 5.11. The van der Waals surface area contributed by atoms with Crippen molar-refractivity contribution in [2.45, 2.75) is 84.0 Å². The standard InChI is InChI=1S/C24H34O3/c1-23-11-4-3-5-16(23)6-7-17-19-9-8-18(24(19,2)12-10-20(17)23)15-13-21(25)22(26)27-14-15/h13-14,16-20,25H,3-12H2,1-2H3/t16?,17-,18?,19-,20-,23-,24+/m0/s1. The fourth-order valence-electron chi connectivity index (χ4n) is 8.46. The maximum absolute atomic E-state index is 11.5. The molecule has 1 aromatic rings. The van der Waals surface area contributed by atoms with Gasteiger partial charge in [-0.1, -0.05) is 26.7 Å². The Labute approximate surface area is 162 Å². The van der Waals surface area contributed by atoms with Crippen molar-refractivity contribution in [1.82, 2.24) is 0 Å². The lowest BCUT2D eigenvalue weighted by Gasteiger charge is -2.60. The molecule has 1 heterocycles. The molecule has 2 unspecified atom stereocenters. The van der Waals surface area contributed by atoms with E-state index in [0.29, 0.717) is 11.3 Å². The minimum Gasteiger partial charge on any atom is -0.502 e. The van der Waals surface area contributed by atoms with Gasteiger partial charge in [0.15, 0.2) is 0 Å². The fraction of sp³-hybridized carbons (Fsp3) is 0.792. The van der Waals surface area contributed by atoms with Gasteiger partial charge in [-0.2, -0.15) is 0 Å². The minimum atomic E-state index is -0.620. The summed E-state index contributed by atoms with van der Waals surface area (Å²) in [6.07, 6.45) is 15.4. The first-order valence-corrected chi connectivity index (χ1v) is 11.3. The van der Waals surface area contributed by atoms with Crippen LogP contribution in [0.1, 0.15) is 89.5 Å². The first-order valence-electron chi connectivity index (χ1n) is 11.3. The molecule has 27 heavy (non-hydrogen) atoms. The number of hydrogen-bond donors (Lipinski definition) is 1. The van der Waals surface area contributed by atoms with E-state index in [-0.39, 0.29) is 11.2 Å². The van der Waals surface area contributed by atoms with Crippen LogP contribution in [0.3, 0.4) is 0 Å². The largest absolute Gasteiger partial charge is 0.502 e. The minimum absolute atomic E-state index is 0.233. The zero-order valence-electron chi connectivity index (χ0n) is 16.9. The van der Waals surface area contributed by atoms with Crippen LogP contribution in [0, 0.1) is 34.5 Å². The Balaban J connectivity index is 1.45. The van der Waals surface area contributed by atoms with Gasteiger partial charge < -0.3 is 9.52 Å². The van der Waals surface area contributed by atoms with Gasteiger partial charge in [-0.05, 0) is 103 Å². The Morgan fingerprint density at radius 2 is 1.78 bits per heavy atom. The lowest BCUT2D eigenvalue weighted by Crippen LogP contribution is -2.52. The van der Waals surface area contributed by atoms with E-state index in [1.807, 2.05) is 0 Å². The second-order valence-corrected chi connectivity index (χ2v) is 10.6. The highest BCUT2D eigenvalue weighted by atomic mass is 16.4. The number of aromatic hydroxyl groups is 1. The van der Waals surface area contributed by atoms with Crippen LogP contribution in [-0.4, -0.2) is 5.11 Å². The zero-order valence-corrected chi connectivity index (χ0v) is 16.9. The van der Waals surface area contributed by atoms with Crippen molar-refractivity contribution in [2.75, 3.05) is 0 Å². The van der Waals surface area contributed by atoms with Crippen LogP contribution in [0.5, 0.6) is 5.75 Å². The molecule has 0 spiro atoms. The molecular formula is C24H34O3. The van der Waals surface area contributed by atoms with Crippen LogP contribution < -0.4 is 5.63 Å². The SMILES string of the molecule is C[C@]12CCCCC1CC[C@@H]1[C@@H]2CC[C@]2(C)C(c3coc(=O)c(O)c3)CC[C@@H]12. The fourth-order valence-corrected chi connectivity index (χ4v) is 8.46. The zero-order chi connectivity index (χ0) is 18.8. The molecule has 148 valence electrons. The van der Waals surface area contributed by atoms with Crippen LogP contribution in [0.25, 0.3) is 0 Å². The predicted octanol–water partition coefficient (Wildman–Crippen LogP) is 5.86. The van der Waals surface area contributed by atoms with E-state index < -0.39 is 5.63 Å². The third-order valence-corrected chi connectivity index (χ3v) is 9.80. The Bertz CT molecular complexity index is 782. The predicted molar refractivity (Wildman–Crippen MR) is 106 cm³/mol. The highest BCUT2D eigenvalue weighted by Crippen LogP contribution is 2.68. The molecule has 4 fully saturated rings. The number of rotatable bonds is 1. The van der Waals surface area contributed by atoms with Crippen LogP contribution >= 0.6 is 0 Å². The summed E-state index contributed by atoms with van der Waals surface area (Å²) in [4.78, 5) is 11.5. The molecule has 4 saturated carbocycles. The summed E-state index contributed by atoms with van der Waals surface area (Å²) in [6, 6.07) is 1.68. The third-order valence-electron chi connectivity index (χ3n) is 9.80. The Kier molecular flexibility index (Phi) is 4.04. The third kappa shape index (κ3) is 2.49.